The molecule has 0 saturated heterocycles. The van der Waals surface area contributed by atoms with E-state index in [1.165, 1.54) is 10.4 Å². The van der Waals surface area contributed by atoms with Crippen LogP contribution in [0.4, 0.5) is 0 Å². The molecule has 7 heteroatoms. The fourth-order valence-corrected chi connectivity index (χ4v) is 2.84. The van der Waals surface area contributed by atoms with Gasteiger partial charge in [-0.15, -0.1) is 35.3 Å². The third-order valence-electron chi connectivity index (χ3n) is 3.31. The van der Waals surface area contributed by atoms with Crippen LogP contribution in [0.15, 0.2) is 40.7 Å². The van der Waals surface area contributed by atoms with Crippen LogP contribution in [0.25, 0.3) is 0 Å². The zero-order chi connectivity index (χ0) is 16.5. The van der Waals surface area contributed by atoms with Crippen LogP contribution in [-0.4, -0.2) is 33.3 Å². The Bertz CT molecular complexity index is 646. The summed E-state index contributed by atoms with van der Waals surface area (Å²) in [6.45, 7) is 4.11. The summed E-state index contributed by atoms with van der Waals surface area (Å²) in [5, 5.41) is 8.64. The fraction of sp³-hybridized carbons (Fsp3) is 0.353. The highest BCUT2D eigenvalue weighted by atomic mass is 127. The molecule has 0 amide bonds. The molecule has 0 atom stereocenters. The number of nitrogens with one attached hydrogen (secondary N) is 2. The van der Waals surface area contributed by atoms with Crippen LogP contribution in [0, 0.1) is 6.92 Å². The van der Waals surface area contributed by atoms with Gasteiger partial charge in [0.05, 0.1) is 20.2 Å². The molecule has 2 rings (SSSR count). The van der Waals surface area contributed by atoms with Gasteiger partial charge in [-0.05, 0) is 36.1 Å². The molecule has 1 aromatic heterocycles. The zero-order valence-corrected chi connectivity index (χ0v) is 17.3. The first-order chi connectivity index (χ1) is 11.2. The van der Waals surface area contributed by atoms with Crippen molar-refractivity contribution in [3.8, 4) is 11.5 Å². The highest BCUT2D eigenvalue weighted by Gasteiger charge is 2.02. The van der Waals surface area contributed by atoms with E-state index >= 15 is 0 Å². The Morgan fingerprint density at radius 3 is 2.67 bits per heavy atom. The quantitative estimate of drug-likeness (QED) is 0.287. The Hall–Kier alpha value is -1.48. The molecular weight excluding hydrogens is 437 g/mol. The molecular formula is C17H24IN3O2S. The van der Waals surface area contributed by atoms with Crippen LogP contribution in [0.1, 0.15) is 10.4 Å². The van der Waals surface area contributed by atoms with Gasteiger partial charge in [0.1, 0.15) is 18.1 Å². The summed E-state index contributed by atoms with van der Waals surface area (Å²) in [7, 11) is 3.41. The van der Waals surface area contributed by atoms with Gasteiger partial charge >= 0.3 is 0 Å². The molecule has 24 heavy (non-hydrogen) atoms. The molecule has 0 aliphatic rings. The van der Waals surface area contributed by atoms with Crippen LogP contribution in [-0.2, 0) is 6.54 Å². The Morgan fingerprint density at radius 2 is 2.00 bits per heavy atom. The lowest BCUT2D eigenvalue weighted by Crippen LogP contribution is -2.38. The maximum absolute atomic E-state index is 5.69. The smallest absolute Gasteiger partial charge is 0.191 e. The van der Waals surface area contributed by atoms with E-state index in [1.807, 2.05) is 24.3 Å². The van der Waals surface area contributed by atoms with Crippen molar-refractivity contribution in [1.29, 1.82) is 0 Å². The largest absolute Gasteiger partial charge is 0.497 e. The van der Waals surface area contributed by atoms with Crippen LogP contribution in [0.5, 0.6) is 11.5 Å². The maximum atomic E-state index is 5.69. The van der Waals surface area contributed by atoms with Crippen molar-refractivity contribution in [3.63, 3.8) is 0 Å². The standard InChI is InChI=1S/C17H23N3O2S.HI/c1-13-7-10-23-16(13)12-20-17(18-2)19-8-9-22-15-6-4-5-14(11-15)21-3;/h4-7,10-11H,8-9,12H2,1-3H3,(H2,18,19,20);1H. The number of nitrogens with zero attached hydrogens (tertiary/aromatic N) is 1. The van der Waals surface area contributed by atoms with Gasteiger partial charge in [-0.25, -0.2) is 0 Å². The predicted molar refractivity (Wildman–Crippen MR) is 111 cm³/mol. The molecule has 1 heterocycles. The van der Waals surface area contributed by atoms with E-state index in [9.17, 15) is 0 Å². The SMILES string of the molecule is CN=C(NCCOc1cccc(OC)c1)NCc1sccc1C.I. The Labute approximate surface area is 164 Å². The molecule has 0 aliphatic carbocycles. The summed E-state index contributed by atoms with van der Waals surface area (Å²) in [6, 6.07) is 9.70. The number of hydrogen-bond acceptors (Lipinski definition) is 4. The number of rotatable bonds is 7. The second kappa shape index (κ2) is 11.1. The Morgan fingerprint density at radius 1 is 1.21 bits per heavy atom. The molecule has 5 nitrogen and oxygen atoms in total. The second-order valence-electron chi connectivity index (χ2n) is 4.91. The van der Waals surface area contributed by atoms with E-state index in [-0.39, 0.29) is 24.0 Å². The third kappa shape index (κ3) is 6.56. The summed E-state index contributed by atoms with van der Waals surface area (Å²) < 4.78 is 10.9. The summed E-state index contributed by atoms with van der Waals surface area (Å²) in [5.74, 6) is 2.36. The molecule has 2 aromatic rings. The highest BCUT2D eigenvalue weighted by Crippen LogP contribution is 2.18. The van der Waals surface area contributed by atoms with Crippen molar-refractivity contribution in [1.82, 2.24) is 10.6 Å². The van der Waals surface area contributed by atoms with E-state index in [0.717, 1.165) is 24.0 Å². The molecule has 0 bridgehead atoms. The van der Waals surface area contributed by atoms with Gasteiger partial charge in [0.25, 0.3) is 0 Å². The predicted octanol–water partition coefficient (Wildman–Crippen LogP) is 3.43. The van der Waals surface area contributed by atoms with Crippen LogP contribution in [0.3, 0.4) is 0 Å². The van der Waals surface area contributed by atoms with Gasteiger partial charge in [0, 0.05) is 18.0 Å². The number of guanidine groups is 1. The number of hydrogen-bond donors (Lipinski definition) is 2. The van der Waals surface area contributed by atoms with E-state index in [0.29, 0.717) is 13.2 Å². The number of ether oxygens (including phenoxy) is 2. The lowest BCUT2D eigenvalue weighted by atomic mass is 10.3. The summed E-state index contributed by atoms with van der Waals surface area (Å²) in [5.41, 5.74) is 1.30. The molecule has 2 N–H and O–H groups in total. The van der Waals surface area contributed by atoms with Gasteiger partial charge in [0.2, 0.25) is 0 Å². The van der Waals surface area contributed by atoms with Crippen LogP contribution >= 0.6 is 35.3 Å². The van der Waals surface area contributed by atoms with Crippen molar-refractivity contribution >= 4 is 41.3 Å². The van der Waals surface area contributed by atoms with E-state index < -0.39 is 0 Å². The Kier molecular flexibility index (Phi) is 9.55. The van der Waals surface area contributed by atoms with E-state index in [2.05, 4.69) is 34.0 Å². The van der Waals surface area contributed by atoms with E-state index in [1.54, 1.807) is 25.5 Å². The van der Waals surface area contributed by atoms with Crippen molar-refractivity contribution < 1.29 is 9.47 Å². The molecule has 0 fully saturated rings. The van der Waals surface area contributed by atoms with Crippen molar-refractivity contribution in [2.75, 3.05) is 27.3 Å². The van der Waals surface area contributed by atoms with E-state index in [4.69, 9.17) is 9.47 Å². The number of aliphatic imine (C=N–C) groups is 1. The number of benzene rings is 1. The van der Waals surface area contributed by atoms with Crippen molar-refractivity contribution in [2.45, 2.75) is 13.5 Å². The van der Waals surface area contributed by atoms with Gasteiger partial charge in [-0.3, -0.25) is 4.99 Å². The molecule has 0 spiro atoms. The van der Waals surface area contributed by atoms with Crippen LogP contribution in [0.2, 0.25) is 0 Å². The fourth-order valence-electron chi connectivity index (χ4n) is 2.00. The Balaban J connectivity index is 0.00000288. The van der Waals surface area contributed by atoms with Gasteiger partial charge in [-0.1, -0.05) is 6.07 Å². The van der Waals surface area contributed by atoms with Crippen molar-refractivity contribution in [2.24, 2.45) is 4.99 Å². The number of thiophene rings is 1. The summed E-state index contributed by atoms with van der Waals surface area (Å²) >= 11 is 1.75. The maximum Gasteiger partial charge on any atom is 0.191 e. The van der Waals surface area contributed by atoms with Gasteiger partial charge < -0.3 is 20.1 Å². The number of halogens is 1. The lowest BCUT2D eigenvalue weighted by molar-refractivity contribution is 0.319. The third-order valence-corrected chi connectivity index (χ3v) is 4.34. The summed E-state index contributed by atoms with van der Waals surface area (Å²) in [6.07, 6.45) is 0. The minimum Gasteiger partial charge on any atom is -0.497 e. The van der Waals surface area contributed by atoms with Crippen LogP contribution < -0.4 is 20.1 Å². The molecule has 0 radical (unpaired) electrons. The molecule has 0 unspecified atom stereocenters. The van der Waals surface area contributed by atoms with Gasteiger partial charge in [-0.2, -0.15) is 0 Å². The minimum atomic E-state index is 0. The monoisotopic (exact) mass is 461 g/mol. The second-order valence-corrected chi connectivity index (χ2v) is 5.91. The molecule has 132 valence electrons. The zero-order valence-electron chi connectivity index (χ0n) is 14.2. The highest BCUT2D eigenvalue weighted by molar-refractivity contribution is 14.0. The lowest BCUT2D eigenvalue weighted by Gasteiger charge is -2.12. The van der Waals surface area contributed by atoms with Gasteiger partial charge in [0.15, 0.2) is 5.96 Å². The average molecular weight is 461 g/mol. The first-order valence-electron chi connectivity index (χ1n) is 7.47. The average Bonchev–Trinajstić information content (AvgIpc) is 2.99. The number of aryl methyl sites for hydroxylation is 1. The molecule has 0 saturated carbocycles. The molecule has 0 aliphatic heterocycles. The normalized spacial score (nSPS) is 10.7. The first-order valence-corrected chi connectivity index (χ1v) is 8.35. The molecule has 1 aromatic carbocycles. The topological polar surface area (TPSA) is 54.9 Å². The van der Waals surface area contributed by atoms with Crippen molar-refractivity contribution in [3.05, 3.63) is 46.2 Å². The minimum absolute atomic E-state index is 0. The number of methoxy groups -OCH3 is 1. The summed E-state index contributed by atoms with van der Waals surface area (Å²) in [4.78, 5) is 5.53. The first kappa shape index (κ1) is 20.6.